The largest absolute Gasteiger partial charge is 0.344 e. The Bertz CT molecular complexity index is 450. The molecule has 1 saturated carbocycles. The molecule has 1 aromatic rings. The molecule has 128 valence electrons. The van der Waals surface area contributed by atoms with Gasteiger partial charge in [-0.3, -0.25) is 4.79 Å². The van der Waals surface area contributed by atoms with E-state index < -0.39 is 0 Å². The van der Waals surface area contributed by atoms with Crippen LogP contribution in [0.4, 0.5) is 0 Å². The Balaban J connectivity index is 0.00000220. The number of aryl methyl sites for hydroxylation is 1. The van der Waals surface area contributed by atoms with Crippen molar-refractivity contribution in [2.45, 2.75) is 63.8 Å². The highest BCUT2D eigenvalue weighted by molar-refractivity contribution is 7.09. The number of thiazole rings is 1. The number of rotatable bonds is 8. The van der Waals surface area contributed by atoms with Crippen molar-refractivity contribution >= 4 is 42.1 Å². The van der Waals surface area contributed by atoms with Crippen LogP contribution >= 0.6 is 36.2 Å². The standard InChI is InChI=1S/C15H25N3OS.2ClH/c1-12-11-20-14(17-12)15(8-6-9-15)18-13(19)7-4-2-3-5-10-16;;/h11H,2-10,16H2,1H3,(H,18,19);2*1H. The summed E-state index contributed by atoms with van der Waals surface area (Å²) in [6.07, 6.45) is 8.08. The lowest BCUT2D eigenvalue weighted by atomic mass is 9.77. The van der Waals surface area contributed by atoms with Crippen LogP contribution in [0.1, 0.15) is 62.1 Å². The summed E-state index contributed by atoms with van der Waals surface area (Å²) < 4.78 is 0. The van der Waals surface area contributed by atoms with E-state index in [0.29, 0.717) is 6.42 Å². The zero-order valence-electron chi connectivity index (χ0n) is 13.1. The van der Waals surface area contributed by atoms with Gasteiger partial charge in [0.15, 0.2) is 0 Å². The minimum absolute atomic E-state index is 0. The van der Waals surface area contributed by atoms with Crippen molar-refractivity contribution in [2.24, 2.45) is 5.73 Å². The molecule has 1 aliphatic rings. The Morgan fingerprint density at radius 2 is 2.00 bits per heavy atom. The van der Waals surface area contributed by atoms with Crippen molar-refractivity contribution in [3.63, 3.8) is 0 Å². The van der Waals surface area contributed by atoms with Crippen LogP contribution in [0.2, 0.25) is 0 Å². The molecule has 4 nitrogen and oxygen atoms in total. The van der Waals surface area contributed by atoms with Gasteiger partial charge in [0.1, 0.15) is 5.01 Å². The van der Waals surface area contributed by atoms with E-state index in [1.165, 1.54) is 6.42 Å². The zero-order chi connectivity index (χ0) is 14.4. The van der Waals surface area contributed by atoms with Crippen molar-refractivity contribution < 1.29 is 4.79 Å². The molecule has 0 bridgehead atoms. The molecule has 22 heavy (non-hydrogen) atoms. The quantitative estimate of drug-likeness (QED) is 0.688. The molecular formula is C15H27Cl2N3OS. The molecule has 2 rings (SSSR count). The second-order valence-electron chi connectivity index (χ2n) is 5.73. The molecule has 1 aliphatic carbocycles. The number of amides is 1. The first-order valence-electron chi connectivity index (χ1n) is 7.60. The first-order valence-corrected chi connectivity index (χ1v) is 8.48. The van der Waals surface area contributed by atoms with Gasteiger partial charge in [-0.05, 0) is 45.6 Å². The summed E-state index contributed by atoms with van der Waals surface area (Å²) in [5.74, 6) is 0.172. The molecular weight excluding hydrogens is 341 g/mol. The van der Waals surface area contributed by atoms with Crippen molar-refractivity contribution in [1.29, 1.82) is 0 Å². The molecule has 1 heterocycles. The molecule has 1 fully saturated rings. The van der Waals surface area contributed by atoms with Crippen molar-refractivity contribution in [2.75, 3.05) is 6.54 Å². The number of hydrogen-bond acceptors (Lipinski definition) is 4. The lowest BCUT2D eigenvalue weighted by molar-refractivity contribution is -0.124. The van der Waals surface area contributed by atoms with Crippen LogP contribution in [0.15, 0.2) is 5.38 Å². The van der Waals surface area contributed by atoms with Crippen LogP contribution < -0.4 is 11.1 Å². The predicted molar refractivity (Wildman–Crippen MR) is 97.2 cm³/mol. The average Bonchev–Trinajstić information content (AvgIpc) is 2.80. The van der Waals surface area contributed by atoms with Crippen LogP contribution in [0.3, 0.4) is 0 Å². The van der Waals surface area contributed by atoms with E-state index in [2.05, 4.69) is 15.7 Å². The zero-order valence-corrected chi connectivity index (χ0v) is 15.5. The topological polar surface area (TPSA) is 68.0 Å². The number of aromatic nitrogens is 1. The highest BCUT2D eigenvalue weighted by Gasteiger charge is 2.42. The molecule has 7 heteroatoms. The molecule has 0 aliphatic heterocycles. The SMILES string of the molecule is Cc1csc(C2(NC(=O)CCCCCCN)CCC2)n1.Cl.Cl. The van der Waals surface area contributed by atoms with Gasteiger partial charge in [0.05, 0.1) is 5.54 Å². The van der Waals surface area contributed by atoms with E-state index in [0.717, 1.165) is 55.8 Å². The number of carbonyl (C=O) groups excluding carboxylic acids is 1. The number of unbranched alkanes of at least 4 members (excludes halogenated alkanes) is 3. The van der Waals surface area contributed by atoms with Gasteiger partial charge in [-0.25, -0.2) is 4.98 Å². The Morgan fingerprint density at radius 3 is 2.50 bits per heavy atom. The van der Waals surface area contributed by atoms with Gasteiger partial charge in [0.25, 0.3) is 0 Å². The van der Waals surface area contributed by atoms with Gasteiger partial charge in [0, 0.05) is 17.5 Å². The van der Waals surface area contributed by atoms with E-state index in [-0.39, 0.29) is 36.3 Å². The number of carbonyl (C=O) groups is 1. The Labute approximate surface area is 149 Å². The molecule has 0 unspecified atom stereocenters. The second-order valence-corrected chi connectivity index (χ2v) is 6.59. The number of nitrogens with zero attached hydrogens (tertiary/aromatic N) is 1. The van der Waals surface area contributed by atoms with Crippen LogP contribution in [0, 0.1) is 6.92 Å². The van der Waals surface area contributed by atoms with Crippen LogP contribution in [-0.4, -0.2) is 17.4 Å². The maximum atomic E-state index is 12.1. The third-order valence-corrected chi connectivity index (χ3v) is 5.14. The van der Waals surface area contributed by atoms with E-state index >= 15 is 0 Å². The minimum Gasteiger partial charge on any atom is -0.344 e. The highest BCUT2D eigenvalue weighted by atomic mass is 35.5. The normalized spacial score (nSPS) is 15.2. The first kappa shape index (κ1) is 21.6. The smallest absolute Gasteiger partial charge is 0.220 e. The van der Waals surface area contributed by atoms with Gasteiger partial charge in [0.2, 0.25) is 5.91 Å². The van der Waals surface area contributed by atoms with Crippen LogP contribution in [-0.2, 0) is 10.3 Å². The summed E-state index contributed by atoms with van der Waals surface area (Å²) >= 11 is 1.67. The summed E-state index contributed by atoms with van der Waals surface area (Å²) in [5.41, 5.74) is 6.35. The number of nitrogens with two attached hydrogens (primary N) is 1. The van der Waals surface area contributed by atoms with E-state index in [1.54, 1.807) is 11.3 Å². The van der Waals surface area contributed by atoms with Gasteiger partial charge in [-0.2, -0.15) is 0 Å². The molecule has 1 amide bonds. The van der Waals surface area contributed by atoms with Gasteiger partial charge in [-0.15, -0.1) is 36.2 Å². The van der Waals surface area contributed by atoms with E-state index in [1.807, 2.05) is 6.92 Å². The number of nitrogens with one attached hydrogen (secondary N) is 1. The van der Waals surface area contributed by atoms with Gasteiger partial charge >= 0.3 is 0 Å². The Kier molecular flexibility index (Phi) is 10.3. The number of halogens is 2. The predicted octanol–water partition coefficient (Wildman–Crippen LogP) is 3.70. The van der Waals surface area contributed by atoms with Gasteiger partial charge in [-0.1, -0.05) is 12.8 Å². The third-order valence-electron chi connectivity index (χ3n) is 3.97. The molecule has 3 N–H and O–H groups in total. The summed E-state index contributed by atoms with van der Waals surface area (Å²) in [7, 11) is 0. The average molecular weight is 368 g/mol. The summed E-state index contributed by atoms with van der Waals surface area (Å²) in [6.45, 7) is 2.75. The summed E-state index contributed by atoms with van der Waals surface area (Å²) in [4.78, 5) is 16.7. The van der Waals surface area contributed by atoms with E-state index in [9.17, 15) is 4.79 Å². The Hall–Kier alpha value is -0.360. The lowest BCUT2D eigenvalue weighted by Gasteiger charge is -2.40. The fraction of sp³-hybridized carbons (Fsp3) is 0.733. The van der Waals surface area contributed by atoms with Crippen molar-refractivity contribution in [3.8, 4) is 0 Å². The molecule has 0 aromatic carbocycles. The highest BCUT2D eigenvalue weighted by Crippen LogP contribution is 2.42. The fourth-order valence-electron chi connectivity index (χ4n) is 2.61. The minimum atomic E-state index is -0.159. The van der Waals surface area contributed by atoms with Crippen LogP contribution in [0.5, 0.6) is 0 Å². The second kappa shape index (κ2) is 10.4. The molecule has 0 spiro atoms. The molecule has 1 aromatic heterocycles. The first-order chi connectivity index (χ1) is 9.66. The van der Waals surface area contributed by atoms with Crippen molar-refractivity contribution in [1.82, 2.24) is 10.3 Å². The number of hydrogen-bond donors (Lipinski definition) is 2. The van der Waals surface area contributed by atoms with Crippen LogP contribution in [0.25, 0.3) is 0 Å². The third kappa shape index (κ3) is 5.69. The monoisotopic (exact) mass is 367 g/mol. The van der Waals surface area contributed by atoms with Crippen molar-refractivity contribution in [3.05, 3.63) is 16.1 Å². The Morgan fingerprint density at radius 1 is 1.32 bits per heavy atom. The summed E-state index contributed by atoms with van der Waals surface area (Å²) in [5, 5.41) is 6.38. The summed E-state index contributed by atoms with van der Waals surface area (Å²) in [6, 6.07) is 0. The maximum Gasteiger partial charge on any atom is 0.220 e. The molecule has 0 atom stereocenters. The fourth-order valence-corrected chi connectivity index (χ4v) is 3.62. The molecule has 0 radical (unpaired) electrons. The maximum absolute atomic E-state index is 12.1. The molecule has 0 saturated heterocycles. The lowest BCUT2D eigenvalue weighted by Crippen LogP contribution is -2.50. The van der Waals surface area contributed by atoms with E-state index in [4.69, 9.17) is 5.73 Å². The van der Waals surface area contributed by atoms with Gasteiger partial charge < -0.3 is 11.1 Å².